The van der Waals surface area contributed by atoms with E-state index >= 15 is 0 Å². The second kappa shape index (κ2) is 7.72. The molecule has 1 N–H and O–H groups in total. The predicted octanol–water partition coefficient (Wildman–Crippen LogP) is 3.60. The summed E-state index contributed by atoms with van der Waals surface area (Å²) >= 11 is 0. The second-order valence-corrected chi connectivity index (χ2v) is 5.65. The lowest BCUT2D eigenvalue weighted by Gasteiger charge is -2.06. The van der Waals surface area contributed by atoms with Crippen molar-refractivity contribution in [2.75, 3.05) is 7.11 Å². The van der Waals surface area contributed by atoms with E-state index in [0.29, 0.717) is 28.7 Å². The van der Waals surface area contributed by atoms with Crippen molar-refractivity contribution in [3.63, 3.8) is 0 Å². The zero-order valence-electron chi connectivity index (χ0n) is 14.5. The molecule has 0 saturated carbocycles. The van der Waals surface area contributed by atoms with Gasteiger partial charge in [-0.2, -0.15) is 5.26 Å². The van der Waals surface area contributed by atoms with Crippen LogP contribution in [0.1, 0.15) is 22.6 Å². The quantitative estimate of drug-likeness (QED) is 0.731. The minimum absolute atomic E-state index is 0.129. The van der Waals surface area contributed by atoms with E-state index < -0.39 is 0 Å². The van der Waals surface area contributed by atoms with E-state index in [1.54, 1.807) is 25.3 Å². The van der Waals surface area contributed by atoms with Crippen molar-refractivity contribution in [3.8, 4) is 29.0 Å². The van der Waals surface area contributed by atoms with Gasteiger partial charge in [0.1, 0.15) is 23.8 Å². The monoisotopic (exact) mass is 350 g/mol. The molecule has 6 nitrogen and oxygen atoms in total. The Hall–Kier alpha value is -3.30. The molecule has 0 bridgehead atoms. The molecule has 3 aromatic rings. The zero-order valence-corrected chi connectivity index (χ0v) is 14.5. The molecule has 0 saturated heterocycles. The van der Waals surface area contributed by atoms with Gasteiger partial charge in [0, 0.05) is 5.56 Å². The average molecular weight is 350 g/mol. The molecule has 0 unspecified atom stereocenters. The normalized spacial score (nSPS) is 10.4. The summed E-state index contributed by atoms with van der Waals surface area (Å²) in [6, 6.07) is 14.6. The molecule has 1 aromatic heterocycles. The van der Waals surface area contributed by atoms with Crippen LogP contribution in [0.2, 0.25) is 0 Å². The molecule has 0 amide bonds. The number of aliphatic hydroxyl groups excluding tert-OH is 1. The highest BCUT2D eigenvalue weighted by Gasteiger charge is 2.15. The van der Waals surface area contributed by atoms with Crippen molar-refractivity contribution in [2.45, 2.75) is 20.1 Å². The van der Waals surface area contributed by atoms with Gasteiger partial charge in [-0.05, 0) is 55.0 Å². The maximum atomic E-state index is 9.54. The van der Waals surface area contributed by atoms with Crippen LogP contribution in [0.5, 0.6) is 11.5 Å². The van der Waals surface area contributed by atoms with E-state index in [1.165, 1.54) is 0 Å². The molecule has 6 heteroatoms. The summed E-state index contributed by atoms with van der Waals surface area (Å²) in [7, 11) is 1.60. The van der Waals surface area contributed by atoms with E-state index in [-0.39, 0.29) is 13.2 Å². The lowest BCUT2D eigenvalue weighted by Crippen LogP contribution is -1.99. The average Bonchev–Trinajstić information content (AvgIpc) is 3.10. The summed E-state index contributed by atoms with van der Waals surface area (Å²) in [5, 5.41) is 18.5. The molecule has 26 heavy (non-hydrogen) atoms. The number of nitriles is 1. The maximum Gasteiger partial charge on any atom is 0.226 e. The Kier molecular flexibility index (Phi) is 5.20. The van der Waals surface area contributed by atoms with Crippen LogP contribution in [-0.4, -0.2) is 17.2 Å². The number of hydrogen-bond donors (Lipinski definition) is 1. The van der Waals surface area contributed by atoms with Crippen molar-refractivity contribution < 1.29 is 19.0 Å². The molecular formula is C20H18N2O4. The Labute approximate surface area is 151 Å². The first-order valence-electron chi connectivity index (χ1n) is 8.02. The third kappa shape index (κ3) is 3.68. The number of benzene rings is 2. The zero-order chi connectivity index (χ0) is 18.5. The summed E-state index contributed by atoms with van der Waals surface area (Å²) in [6.45, 7) is 1.73. The topological polar surface area (TPSA) is 88.5 Å². The Morgan fingerprint density at radius 1 is 1.15 bits per heavy atom. The molecule has 0 aliphatic carbocycles. The first-order valence-corrected chi connectivity index (χ1v) is 8.02. The molecule has 1 heterocycles. The third-order valence-electron chi connectivity index (χ3n) is 3.95. The highest BCUT2D eigenvalue weighted by Crippen LogP contribution is 2.26. The van der Waals surface area contributed by atoms with E-state index in [1.807, 2.05) is 31.2 Å². The van der Waals surface area contributed by atoms with Gasteiger partial charge in [0.25, 0.3) is 0 Å². The molecule has 0 atom stereocenters. The molecule has 132 valence electrons. The first-order chi connectivity index (χ1) is 12.6. The molecule has 0 spiro atoms. The van der Waals surface area contributed by atoms with Crippen LogP contribution in [0.3, 0.4) is 0 Å². The Bertz CT molecular complexity index is 939. The van der Waals surface area contributed by atoms with Crippen LogP contribution in [0.15, 0.2) is 46.9 Å². The van der Waals surface area contributed by atoms with Crippen molar-refractivity contribution in [1.82, 2.24) is 4.98 Å². The SMILES string of the molecule is COc1ccc(-c2nc(CO)c(COc3ccc(C#N)c(C)c3)o2)cc1. The summed E-state index contributed by atoms with van der Waals surface area (Å²) in [5.41, 5.74) is 2.65. The van der Waals surface area contributed by atoms with Gasteiger partial charge in [-0.25, -0.2) is 4.98 Å². The predicted molar refractivity (Wildman–Crippen MR) is 94.6 cm³/mol. The summed E-state index contributed by atoms with van der Waals surface area (Å²) in [4.78, 5) is 4.33. The fourth-order valence-electron chi connectivity index (χ4n) is 2.48. The van der Waals surface area contributed by atoms with Gasteiger partial charge >= 0.3 is 0 Å². The Morgan fingerprint density at radius 2 is 1.88 bits per heavy atom. The lowest BCUT2D eigenvalue weighted by atomic mass is 10.1. The van der Waals surface area contributed by atoms with Crippen molar-refractivity contribution in [1.29, 1.82) is 5.26 Å². The Morgan fingerprint density at radius 3 is 2.50 bits per heavy atom. The third-order valence-corrected chi connectivity index (χ3v) is 3.95. The molecule has 0 aliphatic heterocycles. The van der Waals surface area contributed by atoms with Crippen LogP contribution in [0, 0.1) is 18.3 Å². The molecule has 2 aromatic carbocycles. The molecular weight excluding hydrogens is 332 g/mol. The Balaban J connectivity index is 1.78. The van der Waals surface area contributed by atoms with E-state index in [2.05, 4.69) is 11.1 Å². The van der Waals surface area contributed by atoms with Gasteiger partial charge in [0.15, 0.2) is 5.76 Å². The second-order valence-electron chi connectivity index (χ2n) is 5.65. The fraction of sp³-hybridized carbons (Fsp3) is 0.200. The van der Waals surface area contributed by atoms with E-state index in [9.17, 15) is 5.11 Å². The number of oxazole rings is 1. The number of nitrogens with zero attached hydrogens (tertiary/aromatic N) is 2. The lowest BCUT2D eigenvalue weighted by molar-refractivity contribution is 0.248. The molecule has 0 aliphatic rings. The van der Waals surface area contributed by atoms with E-state index in [4.69, 9.17) is 19.2 Å². The van der Waals surface area contributed by atoms with Gasteiger partial charge in [-0.3, -0.25) is 0 Å². The number of aliphatic hydroxyl groups is 1. The van der Waals surface area contributed by atoms with Crippen LogP contribution in [0.4, 0.5) is 0 Å². The minimum atomic E-state index is -0.245. The van der Waals surface area contributed by atoms with Crippen LogP contribution in [-0.2, 0) is 13.2 Å². The van der Waals surface area contributed by atoms with Crippen LogP contribution in [0.25, 0.3) is 11.5 Å². The summed E-state index contributed by atoms with van der Waals surface area (Å²) < 4.78 is 16.6. The molecule has 3 rings (SSSR count). The highest BCUT2D eigenvalue weighted by molar-refractivity contribution is 5.55. The molecule has 0 fully saturated rings. The van der Waals surface area contributed by atoms with Gasteiger partial charge in [0.05, 0.1) is 25.3 Å². The van der Waals surface area contributed by atoms with Gasteiger partial charge in [0.2, 0.25) is 5.89 Å². The maximum absolute atomic E-state index is 9.54. The van der Waals surface area contributed by atoms with E-state index in [0.717, 1.165) is 16.9 Å². The molecule has 0 radical (unpaired) electrons. The standard InChI is InChI=1S/C20H18N2O4/c1-13-9-17(8-5-15(13)10-21)25-12-19-18(11-23)22-20(26-19)14-3-6-16(24-2)7-4-14/h3-9,23H,11-12H2,1-2H3. The van der Waals surface area contributed by atoms with Crippen molar-refractivity contribution in [3.05, 3.63) is 65.0 Å². The first kappa shape index (κ1) is 17.5. The summed E-state index contributed by atoms with van der Waals surface area (Å²) in [5.74, 6) is 2.22. The number of aryl methyl sites for hydroxylation is 1. The van der Waals surface area contributed by atoms with Crippen molar-refractivity contribution >= 4 is 0 Å². The smallest absolute Gasteiger partial charge is 0.226 e. The van der Waals surface area contributed by atoms with Crippen molar-refractivity contribution in [2.24, 2.45) is 0 Å². The number of ether oxygens (including phenoxy) is 2. The summed E-state index contributed by atoms with van der Waals surface area (Å²) in [6.07, 6.45) is 0. The number of methoxy groups -OCH3 is 1. The van der Waals surface area contributed by atoms with Crippen LogP contribution >= 0.6 is 0 Å². The number of rotatable bonds is 6. The largest absolute Gasteiger partial charge is 0.497 e. The van der Waals surface area contributed by atoms with Gasteiger partial charge in [-0.15, -0.1) is 0 Å². The number of hydrogen-bond acceptors (Lipinski definition) is 6. The van der Waals surface area contributed by atoms with Gasteiger partial charge < -0.3 is 19.0 Å². The van der Waals surface area contributed by atoms with Gasteiger partial charge in [-0.1, -0.05) is 0 Å². The minimum Gasteiger partial charge on any atom is -0.497 e. The van der Waals surface area contributed by atoms with Crippen LogP contribution < -0.4 is 9.47 Å². The number of aromatic nitrogens is 1. The fourth-order valence-corrected chi connectivity index (χ4v) is 2.48. The highest BCUT2D eigenvalue weighted by atomic mass is 16.5.